The highest BCUT2D eigenvalue weighted by atomic mass is 16.5. The molecule has 5 nitrogen and oxygen atoms in total. The molecule has 0 N–H and O–H groups in total. The Morgan fingerprint density at radius 1 is 0.527 bits per heavy atom. The Morgan fingerprint density at radius 2 is 1.22 bits per heavy atom. The van der Waals surface area contributed by atoms with Crippen LogP contribution in [0.15, 0.2) is 158 Å². The normalized spacial score (nSPS) is 17.6. The highest BCUT2D eigenvalue weighted by Gasteiger charge is 2.73. The smallest absolute Gasteiger partial charge is 0.379 e. The molecule has 5 heteroatoms. The fraction of sp³-hybridized carbons (Fsp3) is 0.0800. The fourth-order valence-corrected chi connectivity index (χ4v) is 11.1. The lowest BCUT2D eigenvalue weighted by atomic mass is 9.69. The van der Waals surface area contributed by atoms with E-state index in [1.807, 2.05) is 0 Å². The number of pyridine rings is 2. The van der Waals surface area contributed by atoms with Crippen LogP contribution >= 0.6 is 0 Å². The maximum atomic E-state index is 7.23. The summed E-state index contributed by atoms with van der Waals surface area (Å²) in [5.41, 5.74) is 17.2. The van der Waals surface area contributed by atoms with Gasteiger partial charge in [0.1, 0.15) is 16.8 Å². The number of anilines is 3. The summed E-state index contributed by atoms with van der Waals surface area (Å²) in [6.45, 7) is 4.80. The molecule has 256 valence electrons. The number of hydrogen-bond acceptors (Lipinski definition) is 2. The molecule has 0 amide bonds. The summed E-state index contributed by atoms with van der Waals surface area (Å²) < 4.78 is 15.0. The van der Waals surface area contributed by atoms with Crippen LogP contribution < -0.4 is 18.8 Å². The van der Waals surface area contributed by atoms with Gasteiger partial charge in [-0.3, -0.25) is 0 Å². The second-order valence-electron chi connectivity index (χ2n) is 16.2. The highest BCUT2D eigenvalue weighted by Crippen LogP contribution is 2.64. The molecular formula is C50H32N4O+2. The molecular weight excluding hydrogens is 673 g/mol. The van der Waals surface area contributed by atoms with Gasteiger partial charge in [0.15, 0.2) is 11.4 Å². The van der Waals surface area contributed by atoms with E-state index < -0.39 is 5.66 Å². The summed E-state index contributed by atoms with van der Waals surface area (Å²) in [5, 5.41) is 2.49. The first-order valence-electron chi connectivity index (χ1n) is 19.2. The zero-order valence-corrected chi connectivity index (χ0v) is 30.2. The van der Waals surface area contributed by atoms with E-state index in [-0.39, 0.29) is 5.41 Å². The van der Waals surface area contributed by atoms with Crippen molar-refractivity contribution in [3.05, 3.63) is 180 Å². The van der Waals surface area contributed by atoms with Crippen molar-refractivity contribution in [3.8, 4) is 51.0 Å². The minimum atomic E-state index is -0.753. The molecule has 0 saturated carbocycles. The molecule has 14 rings (SSSR count). The topological polar surface area (TPSA) is 25.2 Å². The first kappa shape index (κ1) is 28.5. The van der Waals surface area contributed by atoms with E-state index >= 15 is 0 Å². The average molecular weight is 705 g/mol. The number of nitrogens with zero attached hydrogens (tertiary/aromatic N) is 4. The Bertz CT molecular complexity index is 3270. The molecule has 55 heavy (non-hydrogen) atoms. The van der Waals surface area contributed by atoms with Gasteiger partial charge >= 0.3 is 11.5 Å². The number of fused-ring (bicyclic) bond motifs is 8. The zero-order chi connectivity index (χ0) is 35.9. The Labute approximate surface area is 317 Å². The lowest BCUT2D eigenvalue weighted by Crippen LogP contribution is -2.75. The summed E-state index contributed by atoms with van der Waals surface area (Å²) in [6, 6.07) is 58.3. The van der Waals surface area contributed by atoms with Crippen molar-refractivity contribution in [2.75, 3.05) is 4.90 Å². The lowest BCUT2D eigenvalue weighted by molar-refractivity contribution is -0.936. The van der Waals surface area contributed by atoms with Crippen molar-refractivity contribution in [1.29, 1.82) is 0 Å². The highest BCUT2D eigenvalue weighted by molar-refractivity contribution is 6.13. The van der Waals surface area contributed by atoms with Gasteiger partial charge in [0.05, 0.1) is 22.8 Å². The second-order valence-corrected chi connectivity index (χ2v) is 16.2. The molecule has 3 aromatic heterocycles. The van der Waals surface area contributed by atoms with Crippen molar-refractivity contribution in [3.63, 3.8) is 0 Å². The van der Waals surface area contributed by atoms with Crippen molar-refractivity contribution >= 4 is 39.0 Å². The third-order valence-electron chi connectivity index (χ3n) is 13.3. The monoisotopic (exact) mass is 704 g/mol. The first-order chi connectivity index (χ1) is 27.0. The van der Waals surface area contributed by atoms with Crippen LogP contribution in [-0.4, -0.2) is 4.57 Å². The summed E-state index contributed by atoms with van der Waals surface area (Å²) in [5.74, 6) is 2.89. The van der Waals surface area contributed by atoms with E-state index in [2.05, 4.69) is 190 Å². The van der Waals surface area contributed by atoms with Crippen molar-refractivity contribution in [2.45, 2.75) is 24.9 Å². The number of rotatable bonds is 2. The van der Waals surface area contributed by atoms with Gasteiger partial charge in [0, 0.05) is 45.5 Å². The molecule has 5 aliphatic rings. The summed E-state index contributed by atoms with van der Waals surface area (Å²) >= 11 is 0. The Balaban J connectivity index is 1.27. The molecule has 6 aromatic carbocycles. The number of benzene rings is 6. The predicted octanol–water partition coefficient (Wildman–Crippen LogP) is 10.8. The van der Waals surface area contributed by atoms with Gasteiger partial charge in [-0.1, -0.05) is 117 Å². The van der Waals surface area contributed by atoms with E-state index in [1.54, 1.807) is 0 Å². The van der Waals surface area contributed by atoms with E-state index in [9.17, 15) is 0 Å². The van der Waals surface area contributed by atoms with Gasteiger partial charge in [0.2, 0.25) is 5.69 Å². The standard InChI is InChI=1S/C50H32N4O/c1-49(2)35-18-10-12-20-38(35)52-43-27-31(29-13-5-3-6-14-29)25-40-41-26-32(30-15-7-4-8-16-30)28-44-54(41)50(53(40)43)45-39(23-22-36(49)48(45)52)51-37-19-11-9-17-33(37)34-21-24-42(55-44)46(50)47(34)51/h3-28H,1-2H3/q+2. The molecule has 0 radical (unpaired) electrons. The van der Waals surface area contributed by atoms with Crippen LogP contribution in [-0.2, 0) is 11.1 Å². The van der Waals surface area contributed by atoms with Crippen LogP contribution in [0, 0.1) is 0 Å². The lowest BCUT2D eigenvalue weighted by Gasteiger charge is -2.45. The van der Waals surface area contributed by atoms with Crippen LogP contribution in [0.4, 0.5) is 17.2 Å². The van der Waals surface area contributed by atoms with Crippen LogP contribution in [0.3, 0.4) is 0 Å². The molecule has 1 unspecified atom stereocenters. The van der Waals surface area contributed by atoms with Crippen molar-refractivity contribution in [2.24, 2.45) is 0 Å². The zero-order valence-electron chi connectivity index (χ0n) is 30.2. The molecule has 0 fully saturated rings. The van der Waals surface area contributed by atoms with Gasteiger partial charge in [0.25, 0.3) is 11.5 Å². The van der Waals surface area contributed by atoms with E-state index in [0.717, 1.165) is 40.0 Å². The Morgan fingerprint density at radius 3 is 2.02 bits per heavy atom. The van der Waals surface area contributed by atoms with Gasteiger partial charge in [-0.05, 0) is 52.6 Å². The van der Waals surface area contributed by atoms with E-state index in [4.69, 9.17) is 4.74 Å². The molecule has 1 spiro atoms. The molecule has 0 saturated heterocycles. The summed E-state index contributed by atoms with van der Waals surface area (Å²) in [7, 11) is 0. The Kier molecular flexibility index (Phi) is 4.77. The molecule has 9 aromatic rings. The first-order valence-corrected chi connectivity index (χ1v) is 19.2. The number of ether oxygens (including phenoxy) is 1. The van der Waals surface area contributed by atoms with Gasteiger partial charge in [-0.2, -0.15) is 4.90 Å². The van der Waals surface area contributed by atoms with Gasteiger partial charge < -0.3 is 9.30 Å². The van der Waals surface area contributed by atoms with Gasteiger partial charge in [-0.25, -0.2) is 0 Å². The quantitative estimate of drug-likeness (QED) is 0.167. The van der Waals surface area contributed by atoms with E-state index in [1.165, 1.54) is 72.2 Å². The SMILES string of the molecule is CC1(C)c2ccccc2N2c3c1ccc1c3C34c5c(ccc6c7ccccc7n-1c56)Oc1cc(-c5ccccc5)cc([n+]13)-c1cc(-c3ccccc3)cc2[n+]14. The minimum absolute atomic E-state index is 0.249. The predicted molar refractivity (Wildman–Crippen MR) is 216 cm³/mol. The van der Waals surface area contributed by atoms with Gasteiger partial charge in [-0.15, -0.1) is 9.13 Å². The molecule has 1 atom stereocenters. The number of para-hydroxylation sites is 2. The maximum absolute atomic E-state index is 7.23. The van der Waals surface area contributed by atoms with Crippen molar-refractivity contribution in [1.82, 2.24) is 4.57 Å². The Hall–Kier alpha value is -6.98. The average Bonchev–Trinajstić information content (AvgIpc) is 3.73. The largest absolute Gasteiger partial charge is 0.404 e. The van der Waals surface area contributed by atoms with E-state index in [0.29, 0.717) is 0 Å². The van der Waals surface area contributed by atoms with Crippen molar-refractivity contribution < 1.29 is 13.9 Å². The summed E-state index contributed by atoms with van der Waals surface area (Å²) in [4.78, 5) is 2.59. The fourth-order valence-electron chi connectivity index (χ4n) is 11.1. The van der Waals surface area contributed by atoms with Crippen LogP contribution in [0.5, 0.6) is 11.6 Å². The van der Waals surface area contributed by atoms with Crippen LogP contribution in [0.2, 0.25) is 0 Å². The summed E-state index contributed by atoms with van der Waals surface area (Å²) in [6.07, 6.45) is 0. The van der Waals surface area contributed by atoms with Crippen LogP contribution in [0.1, 0.15) is 36.1 Å². The third kappa shape index (κ3) is 3.04. The second kappa shape index (κ2) is 9.20. The maximum Gasteiger partial charge on any atom is 0.379 e. The van der Waals surface area contributed by atoms with Crippen LogP contribution in [0.25, 0.3) is 61.1 Å². The number of aromatic nitrogens is 3. The third-order valence-corrected chi connectivity index (χ3v) is 13.3. The molecule has 8 heterocycles. The molecule has 0 bridgehead atoms. The molecule has 0 aliphatic carbocycles. The minimum Gasteiger partial charge on any atom is -0.404 e. The molecule has 5 aliphatic heterocycles. The number of hydrogen-bond donors (Lipinski definition) is 0.